The van der Waals surface area contributed by atoms with Crippen LogP contribution in [-0.2, 0) is 6.42 Å². The highest BCUT2D eigenvalue weighted by Gasteiger charge is 2.17. The number of fused-ring (bicyclic) bond motifs is 1. The molecule has 26 heavy (non-hydrogen) atoms. The number of hydrogen-bond acceptors (Lipinski definition) is 7. The van der Waals surface area contributed by atoms with Crippen LogP contribution in [0.4, 0.5) is 0 Å². The zero-order valence-electron chi connectivity index (χ0n) is 14.4. The SMILES string of the molecule is COc1cc(-c2nc(-c3ccc4c(c3)CCO4)no2)ccc1OCCN. The van der Waals surface area contributed by atoms with E-state index in [4.69, 9.17) is 24.5 Å². The van der Waals surface area contributed by atoms with Crippen molar-refractivity contribution in [3.05, 3.63) is 42.0 Å². The van der Waals surface area contributed by atoms with E-state index in [9.17, 15) is 0 Å². The summed E-state index contributed by atoms with van der Waals surface area (Å²) < 4.78 is 21.9. The fraction of sp³-hybridized carbons (Fsp3) is 0.263. The largest absolute Gasteiger partial charge is 0.493 e. The third-order valence-corrected chi connectivity index (χ3v) is 4.16. The van der Waals surface area contributed by atoms with Crippen molar-refractivity contribution in [2.24, 2.45) is 5.73 Å². The Hall–Kier alpha value is -3.06. The summed E-state index contributed by atoms with van der Waals surface area (Å²) in [6, 6.07) is 11.4. The summed E-state index contributed by atoms with van der Waals surface area (Å²) in [5, 5.41) is 4.10. The fourth-order valence-electron chi connectivity index (χ4n) is 2.87. The van der Waals surface area contributed by atoms with Crippen molar-refractivity contribution in [1.29, 1.82) is 0 Å². The molecule has 4 rings (SSSR count). The van der Waals surface area contributed by atoms with Gasteiger partial charge in [-0.15, -0.1) is 0 Å². The van der Waals surface area contributed by atoms with Gasteiger partial charge in [0, 0.05) is 24.1 Å². The number of ether oxygens (including phenoxy) is 3. The van der Waals surface area contributed by atoms with Crippen LogP contribution in [0.5, 0.6) is 17.2 Å². The minimum absolute atomic E-state index is 0.417. The molecule has 0 spiro atoms. The molecular weight excluding hydrogens is 334 g/mol. The summed E-state index contributed by atoms with van der Waals surface area (Å²) in [5.41, 5.74) is 8.29. The Kier molecular flexibility index (Phi) is 4.45. The topological polar surface area (TPSA) is 92.6 Å². The van der Waals surface area contributed by atoms with Crippen LogP contribution >= 0.6 is 0 Å². The Morgan fingerprint density at radius 1 is 1.12 bits per heavy atom. The molecule has 2 N–H and O–H groups in total. The van der Waals surface area contributed by atoms with Crippen molar-refractivity contribution in [2.75, 3.05) is 26.9 Å². The first-order valence-corrected chi connectivity index (χ1v) is 8.39. The van der Waals surface area contributed by atoms with E-state index in [1.807, 2.05) is 24.3 Å². The second kappa shape index (κ2) is 7.05. The van der Waals surface area contributed by atoms with Crippen LogP contribution in [0.3, 0.4) is 0 Å². The molecule has 0 saturated heterocycles. The lowest BCUT2D eigenvalue weighted by Gasteiger charge is -2.10. The lowest BCUT2D eigenvalue weighted by atomic mass is 10.1. The van der Waals surface area contributed by atoms with E-state index in [0.29, 0.717) is 43.0 Å². The van der Waals surface area contributed by atoms with Crippen molar-refractivity contribution in [2.45, 2.75) is 6.42 Å². The normalized spacial score (nSPS) is 12.5. The first-order valence-electron chi connectivity index (χ1n) is 8.39. The Morgan fingerprint density at radius 3 is 2.85 bits per heavy atom. The molecule has 7 heteroatoms. The highest BCUT2D eigenvalue weighted by atomic mass is 16.5. The molecule has 7 nitrogen and oxygen atoms in total. The number of hydrogen-bond donors (Lipinski definition) is 1. The van der Waals surface area contributed by atoms with Gasteiger partial charge in [0.05, 0.1) is 13.7 Å². The molecule has 0 amide bonds. The van der Waals surface area contributed by atoms with E-state index in [1.165, 1.54) is 0 Å². The van der Waals surface area contributed by atoms with Crippen molar-refractivity contribution < 1.29 is 18.7 Å². The molecule has 3 aromatic rings. The Bertz CT molecular complexity index is 923. The van der Waals surface area contributed by atoms with E-state index in [-0.39, 0.29) is 0 Å². The van der Waals surface area contributed by atoms with E-state index in [0.717, 1.165) is 28.9 Å². The van der Waals surface area contributed by atoms with Gasteiger partial charge in [0.15, 0.2) is 11.5 Å². The van der Waals surface area contributed by atoms with E-state index in [2.05, 4.69) is 10.1 Å². The molecule has 1 aliphatic rings. The molecular formula is C19H19N3O4. The molecule has 0 radical (unpaired) electrons. The smallest absolute Gasteiger partial charge is 0.258 e. The monoisotopic (exact) mass is 353 g/mol. The maximum Gasteiger partial charge on any atom is 0.258 e. The lowest BCUT2D eigenvalue weighted by molar-refractivity contribution is 0.302. The summed E-state index contributed by atoms with van der Waals surface area (Å²) >= 11 is 0. The molecule has 134 valence electrons. The maximum atomic E-state index is 5.56. The molecule has 1 aromatic heterocycles. The molecule has 0 fully saturated rings. The molecule has 1 aliphatic heterocycles. The van der Waals surface area contributed by atoms with E-state index >= 15 is 0 Å². The summed E-state index contributed by atoms with van der Waals surface area (Å²) in [4.78, 5) is 4.51. The van der Waals surface area contributed by atoms with Gasteiger partial charge in [0.1, 0.15) is 12.4 Å². The molecule has 0 atom stereocenters. The molecule has 0 aliphatic carbocycles. The molecule has 2 aromatic carbocycles. The van der Waals surface area contributed by atoms with Crippen LogP contribution < -0.4 is 19.9 Å². The third kappa shape index (κ3) is 3.09. The third-order valence-electron chi connectivity index (χ3n) is 4.16. The summed E-state index contributed by atoms with van der Waals surface area (Å²) in [5.74, 6) is 3.10. The molecule has 2 heterocycles. The number of methoxy groups -OCH3 is 1. The second-order valence-corrected chi connectivity index (χ2v) is 5.85. The minimum Gasteiger partial charge on any atom is -0.493 e. The number of benzene rings is 2. The predicted octanol–water partition coefficient (Wildman–Crippen LogP) is 2.68. The Labute approximate surface area is 150 Å². The van der Waals surface area contributed by atoms with Gasteiger partial charge in [-0.1, -0.05) is 5.16 Å². The van der Waals surface area contributed by atoms with Crippen molar-refractivity contribution >= 4 is 0 Å². The van der Waals surface area contributed by atoms with Crippen LogP contribution in [0.15, 0.2) is 40.9 Å². The van der Waals surface area contributed by atoms with E-state index in [1.54, 1.807) is 19.2 Å². The van der Waals surface area contributed by atoms with Gasteiger partial charge in [0.25, 0.3) is 5.89 Å². The lowest BCUT2D eigenvalue weighted by Crippen LogP contribution is -2.11. The highest BCUT2D eigenvalue weighted by Crippen LogP contribution is 2.33. The first kappa shape index (κ1) is 16.4. The number of nitrogens with two attached hydrogens (primary N) is 1. The predicted molar refractivity (Wildman–Crippen MR) is 95.5 cm³/mol. The quantitative estimate of drug-likeness (QED) is 0.728. The Morgan fingerprint density at radius 2 is 2.00 bits per heavy atom. The number of rotatable bonds is 6. The van der Waals surface area contributed by atoms with Crippen LogP contribution in [0, 0.1) is 0 Å². The van der Waals surface area contributed by atoms with Crippen LogP contribution in [0.2, 0.25) is 0 Å². The van der Waals surface area contributed by atoms with Gasteiger partial charge < -0.3 is 24.5 Å². The molecule has 0 bridgehead atoms. The van der Waals surface area contributed by atoms with Gasteiger partial charge in [-0.3, -0.25) is 0 Å². The number of nitrogens with zero attached hydrogens (tertiary/aromatic N) is 2. The number of aromatic nitrogens is 2. The van der Waals surface area contributed by atoms with Crippen molar-refractivity contribution in [3.8, 4) is 40.1 Å². The summed E-state index contributed by atoms with van der Waals surface area (Å²) in [6.45, 7) is 1.57. The van der Waals surface area contributed by atoms with Crippen LogP contribution in [0.25, 0.3) is 22.8 Å². The molecule has 0 saturated carbocycles. The minimum atomic E-state index is 0.417. The molecule has 0 unspecified atom stereocenters. The van der Waals surface area contributed by atoms with E-state index < -0.39 is 0 Å². The van der Waals surface area contributed by atoms with Gasteiger partial charge in [-0.2, -0.15) is 4.98 Å². The van der Waals surface area contributed by atoms with Crippen LogP contribution in [-0.4, -0.2) is 37.0 Å². The van der Waals surface area contributed by atoms with Gasteiger partial charge >= 0.3 is 0 Å². The van der Waals surface area contributed by atoms with Crippen LogP contribution in [0.1, 0.15) is 5.56 Å². The van der Waals surface area contributed by atoms with Gasteiger partial charge in [-0.05, 0) is 42.0 Å². The van der Waals surface area contributed by atoms with Crippen molar-refractivity contribution in [1.82, 2.24) is 10.1 Å². The first-order chi connectivity index (χ1) is 12.8. The average Bonchev–Trinajstić information content (AvgIpc) is 3.34. The zero-order valence-corrected chi connectivity index (χ0v) is 14.4. The summed E-state index contributed by atoms with van der Waals surface area (Å²) in [6.07, 6.45) is 0.898. The van der Waals surface area contributed by atoms with Crippen molar-refractivity contribution in [3.63, 3.8) is 0 Å². The zero-order chi connectivity index (χ0) is 17.9. The average molecular weight is 353 g/mol. The van der Waals surface area contributed by atoms with Gasteiger partial charge in [-0.25, -0.2) is 0 Å². The maximum absolute atomic E-state index is 5.56. The Balaban J connectivity index is 1.61. The summed E-state index contributed by atoms with van der Waals surface area (Å²) in [7, 11) is 1.58. The fourth-order valence-corrected chi connectivity index (χ4v) is 2.87. The second-order valence-electron chi connectivity index (χ2n) is 5.85. The van der Waals surface area contributed by atoms with Gasteiger partial charge in [0.2, 0.25) is 5.82 Å². The standard InChI is InChI=1S/C19H19N3O4/c1-23-17-11-14(3-5-16(17)25-9-7-20)19-21-18(22-26-19)13-2-4-15-12(10-13)6-8-24-15/h2-5,10-11H,6-9,20H2,1H3. The highest BCUT2D eigenvalue weighted by molar-refractivity contribution is 5.64.